The molecule has 0 N–H and O–H groups in total. The molecule has 0 amide bonds. The molecule has 6 rings (SSSR count). The number of carbonyl (C=O) groups is 1. The van der Waals surface area contributed by atoms with Crippen molar-refractivity contribution in [1.82, 2.24) is 0 Å². The zero-order valence-electron chi connectivity index (χ0n) is 13.4. The minimum Gasteiger partial charge on any atom is -0.406 e. The fraction of sp³-hybridized carbons (Fsp3) is 0.579. The van der Waals surface area contributed by atoms with Crippen LogP contribution >= 0.6 is 11.3 Å². The Kier molecular flexibility index (Phi) is 2.91. The van der Waals surface area contributed by atoms with E-state index in [1.165, 1.54) is 43.4 Å². The lowest BCUT2D eigenvalue weighted by Gasteiger charge is -2.55. The first kappa shape index (κ1) is 14.0. The number of hydrogen-bond acceptors (Lipinski definition) is 4. The zero-order valence-corrected chi connectivity index (χ0v) is 14.2. The maximum atomic E-state index is 12.3. The van der Waals surface area contributed by atoms with E-state index >= 15 is 0 Å². The van der Waals surface area contributed by atoms with Crippen LogP contribution < -0.4 is 0 Å². The molecule has 120 valence electrons. The van der Waals surface area contributed by atoms with E-state index < -0.39 is 0 Å². The van der Waals surface area contributed by atoms with Crippen LogP contribution in [0.1, 0.15) is 48.3 Å². The number of carbonyl (C=O) groups excluding carboxylic acids is 1. The van der Waals surface area contributed by atoms with Gasteiger partial charge in [-0.2, -0.15) is 0 Å². The molecule has 1 aliphatic heterocycles. The number of aryl methyl sites for hydroxylation is 1. The van der Waals surface area contributed by atoms with Gasteiger partial charge in [0, 0.05) is 15.2 Å². The van der Waals surface area contributed by atoms with Gasteiger partial charge in [-0.15, -0.1) is 11.3 Å². The van der Waals surface area contributed by atoms with Crippen molar-refractivity contribution in [3.63, 3.8) is 0 Å². The Labute approximate surface area is 140 Å². The Bertz CT molecular complexity index is 707. The molecule has 4 fully saturated rings. The molecule has 1 aromatic heterocycles. The van der Waals surface area contributed by atoms with Crippen LogP contribution in [0.25, 0.3) is 6.08 Å². The van der Waals surface area contributed by atoms with Crippen molar-refractivity contribution in [2.75, 3.05) is 0 Å². The van der Waals surface area contributed by atoms with Gasteiger partial charge >= 0.3 is 5.97 Å². The van der Waals surface area contributed by atoms with Gasteiger partial charge in [0.25, 0.3) is 0 Å². The van der Waals surface area contributed by atoms with Crippen LogP contribution in [0.3, 0.4) is 0 Å². The smallest absolute Gasteiger partial charge is 0.363 e. The zero-order chi connectivity index (χ0) is 15.6. The summed E-state index contributed by atoms with van der Waals surface area (Å²) in [6.07, 6.45) is 9.57. The van der Waals surface area contributed by atoms with Crippen molar-refractivity contribution in [2.24, 2.45) is 28.2 Å². The van der Waals surface area contributed by atoms with E-state index in [1.807, 2.05) is 12.1 Å². The van der Waals surface area contributed by atoms with Gasteiger partial charge in [0.2, 0.25) is 5.90 Å². The summed E-state index contributed by atoms with van der Waals surface area (Å²) in [5, 5.41) is 0. The van der Waals surface area contributed by atoms with Gasteiger partial charge in [0.05, 0.1) is 0 Å². The standard InChI is InChI=1S/C19H21NO2S/c1-11-2-3-15(23-11)7-16-17(21)22-18(20-16)19-8-12-4-13(9-19)6-14(5-12)10-19/h2-3,7,12-14H,4-6,8-10H2,1H3/b16-7-. The molecule has 0 aromatic carbocycles. The molecule has 0 radical (unpaired) electrons. The number of rotatable bonds is 2. The Morgan fingerprint density at radius 2 is 1.83 bits per heavy atom. The van der Waals surface area contributed by atoms with Gasteiger partial charge in [0.15, 0.2) is 5.70 Å². The fourth-order valence-corrected chi connectivity index (χ4v) is 6.49. The van der Waals surface area contributed by atoms with Crippen LogP contribution in [0.5, 0.6) is 0 Å². The van der Waals surface area contributed by atoms with Crippen LogP contribution in [0.15, 0.2) is 22.8 Å². The molecule has 4 aliphatic carbocycles. The summed E-state index contributed by atoms with van der Waals surface area (Å²) in [6.45, 7) is 2.07. The summed E-state index contributed by atoms with van der Waals surface area (Å²) in [4.78, 5) is 19.3. The van der Waals surface area contributed by atoms with Crippen LogP contribution in [0, 0.1) is 30.1 Å². The van der Waals surface area contributed by atoms with E-state index in [0.29, 0.717) is 5.70 Å². The monoisotopic (exact) mass is 327 g/mol. The normalized spacial score (nSPS) is 39.9. The van der Waals surface area contributed by atoms with Gasteiger partial charge in [-0.25, -0.2) is 9.79 Å². The van der Waals surface area contributed by atoms with Crippen molar-refractivity contribution in [1.29, 1.82) is 0 Å². The largest absolute Gasteiger partial charge is 0.406 e. The topological polar surface area (TPSA) is 38.7 Å². The second-order valence-electron chi connectivity index (χ2n) is 7.98. The number of thiophene rings is 1. The highest BCUT2D eigenvalue weighted by Gasteiger charge is 2.55. The second-order valence-corrected chi connectivity index (χ2v) is 9.30. The molecule has 2 heterocycles. The number of esters is 1. The first-order valence-electron chi connectivity index (χ1n) is 8.69. The predicted molar refractivity (Wildman–Crippen MR) is 91.2 cm³/mol. The summed E-state index contributed by atoms with van der Waals surface area (Å²) >= 11 is 1.68. The molecule has 0 saturated heterocycles. The minimum atomic E-state index is -0.262. The Morgan fingerprint density at radius 1 is 1.17 bits per heavy atom. The molecule has 0 spiro atoms. The Hall–Kier alpha value is -1.42. The number of nitrogens with zero attached hydrogens (tertiary/aromatic N) is 1. The van der Waals surface area contributed by atoms with E-state index in [1.54, 1.807) is 11.3 Å². The highest BCUT2D eigenvalue weighted by atomic mass is 32.1. The third-order valence-corrected chi connectivity index (χ3v) is 7.10. The van der Waals surface area contributed by atoms with Gasteiger partial charge in [0.1, 0.15) is 0 Å². The van der Waals surface area contributed by atoms with Gasteiger partial charge < -0.3 is 4.74 Å². The van der Waals surface area contributed by atoms with Gasteiger partial charge in [-0.3, -0.25) is 0 Å². The average Bonchev–Trinajstić information content (AvgIpc) is 3.05. The molecule has 4 bridgehead atoms. The molecule has 23 heavy (non-hydrogen) atoms. The van der Waals surface area contributed by atoms with E-state index in [-0.39, 0.29) is 11.4 Å². The van der Waals surface area contributed by atoms with Crippen molar-refractivity contribution < 1.29 is 9.53 Å². The summed E-state index contributed by atoms with van der Waals surface area (Å²) < 4.78 is 5.69. The predicted octanol–water partition coefficient (Wildman–Crippen LogP) is 4.57. The molecule has 4 heteroatoms. The van der Waals surface area contributed by atoms with E-state index in [4.69, 9.17) is 4.74 Å². The molecule has 1 aromatic rings. The molecule has 5 aliphatic rings. The lowest BCUT2D eigenvalue weighted by Crippen LogP contribution is -2.50. The van der Waals surface area contributed by atoms with Crippen molar-refractivity contribution in [3.05, 3.63) is 27.6 Å². The SMILES string of the molecule is Cc1ccc(/C=C2\N=C(C34CC5CC(CC(C5)C3)C4)OC2=O)s1. The van der Waals surface area contributed by atoms with Crippen LogP contribution in [0.4, 0.5) is 0 Å². The number of ether oxygens (including phenoxy) is 1. The van der Waals surface area contributed by atoms with E-state index in [0.717, 1.165) is 28.5 Å². The van der Waals surface area contributed by atoms with Crippen LogP contribution in [-0.2, 0) is 9.53 Å². The highest BCUT2D eigenvalue weighted by Crippen LogP contribution is 2.61. The van der Waals surface area contributed by atoms with E-state index in [2.05, 4.69) is 18.0 Å². The summed E-state index contributed by atoms with van der Waals surface area (Å²) in [7, 11) is 0. The van der Waals surface area contributed by atoms with Gasteiger partial charge in [-0.1, -0.05) is 0 Å². The molecule has 4 saturated carbocycles. The summed E-state index contributed by atoms with van der Waals surface area (Å²) in [6, 6.07) is 4.11. The Balaban J connectivity index is 1.48. The second kappa shape index (κ2) is 4.79. The van der Waals surface area contributed by atoms with Crippen LogP contribution in [-0.4, -0.2) is 11.9 Å². The van der Waals surface area contributed by atoms with Crippen molar-refractivity contribution in [3.8, 4) is 0 Å². The van der Waals surface area contributed by atoms with E-state index in [9.17, 15) is 4.79 Å². The minimum absolute atomic E-state index is 0.0609. The molecular formula is C19H21NO2S. The molecular weight excluding hydrogens is 306 g/mol. The van der Waals surface area contributed by atoms with Gasteiger partial charge in [-0.05, 0) is 81.4 Å². The quantitative estimate of drug-likeness (QED) is 0.589. The third-order valence-electron chi connectivity index (χ3n) is 6.15. The third kappa shape index (κ3) is 2.22. The molecule has 0 atom stereocenters. The number of aliphatic imine (C=N–C) groups is 1. The van der Waals surface area contributed by atoms with Crippen molar-refractivity contribution >= 4 is 29.3 Å². The lowest BCUT2D eigenvalue weighted by atomic mass is 9.49. The fourth-order valence-electron chi connectivity index (χ4n) is 5.67. The van der Waals surface area contributed by atoms with Crippen LogP contribution in [0.2, 0.25) is 0 Å². The highest BCUT2D eigenvalue weighted by molar-refractivity contribution is 7.12. The first-order valence-corrected chi connectivity index (χ1v) is 9.51. The lowest BCUT2D eigenvalue weighted by molar-refractivity contribution is -0.131. The number of cyclic esters (lactones) is 1. The Morgan fingerprint density at radius 3 is 2.39 bits per heavy atom. The van der Waals surface area contributed by atoms with Crippen molar-refractivity contribution in [2.45, 2.75) is 45.4 Å². The molecule has 3 nitrogen and oxygen atoms in total. The first-order chi connectivity index (χ1) is 11.1. The molecule has 0 unspecified atom stereocenters. The summed E-state index contributed by atoms with van der Waals surface area (Å²) in [5.41, 5.74) is 0.545. The average molecular weight is 327 g/mol. The maximum absolute atomic E-state index is 12.3. The maximum Gasteiger partial charge on any atom is 0.363 e. The number of hydrogen-bond donors (Lipinski definition) is 0. The summed E-state index contributed by atoms with van der Waals surface area (Å²) in [5.74, 6) is 2.96.